The van der Waals surface area contributed by atoms with E-state index in [0.29, 0.717) is 6.61 Å². The van der Waals surface area contributed by atoms with Gasteiger partial charge in [0.2, 0.25) is 0 Å². The molecule has 0 aliphatic carbocycles. The maximum absolute atomic E-state index is 9.22. The maximum atomic E-state index is 9.22. The number of ether oxygens (including phenoxy) is 1. The van der Waals surface area contributed by atoms with Crippen LogP contribution in [0.25, 0.3) is 0 Å². The standard InChI is InChI=1S/C18H23NO2/c1-4-21-17-8-9-18(13(2)10-17)19-14(3)16-7-5-6-15(11-16)12-20/h5-11,14,19-20H,4,12H2,1-3H3. The predicted molar refractivity (Wildman–Crippen MR) is 86.8 cm³/mol. The Morgan fingerprint density at radius 2 is 2.00 bits per heavy atom. The van der Waals surface area contributed by atoms with Crippen molar-refractivity contribution in [2.45, 2.75) is 33.4 Å². The van der Waals surface area contributed by atoms with Gasteiger partial charge in [-0.05, 0) is 55.7 Å². The van der Waals surface area contributed by atoms with Crippen LogP contribution in [-0.2, 0) is 6.61 Å². The van der Waals surface area contributed by atoms with Gasteiger partial charge in [-0.3, -0.25) is 0 Å². The van der Waals surface area contributed by atoms with Crippen molar-refractivity contribution in [2.75, 3.05) is 11.9 Å². The van der Waals surface area contributed by atoms with Crippen molar-refractivity contribution in [3.63, 3.8) is 0 Å². The first kappa shape index (κ1) is 15.4. The van der Waals surface area contributed by atoms with Gasteiger partial charge in [-0.15, -0.1) is 0 Å². The van der Waals surface area contributed by atoms with Gasteiger partial charge in [0.25, 0.3) is 0 Å². The van der Waals surface area contributed by atoms with Crippen LogP contribution >= 0.6 is 0 Å². The van der Waals surface area contributed by atoms with Gasteiger partial charge in [-0.1, -0.05) is 24.3 Å². The van der Waals surface area contributed by atoms with Gasteiger partial charge in [0, 0.05) is 11.7 Å². The van der Waals surface area contributed by atoms with E-state index in [1.54, 1.807) is 0 Å². The SMILES string of the molecule is CCOc1ccc(NC(C)c2cccc(CO)c2)c(C)c1. The normalized spacial score (nSPS) is 12.0. The topological polar surface area (TPSA) is 41.5 Å². The van der Waals surface area contributed by atoms with E-state index in [1.807, 2.05) is 43.3 Å². The minimum atomic E-state index is 0.0721. The quantitative estimate of drug-likeness (QED) is 0.841. The Labute approximate surface area is 126 Å². The minimum Gasteiger partial charge on any atom is -0.494 e. The monoisotopic (exact) mass is 285 g/mol. The molecule has 3 nitrogen and oxygen atoms in total. The van der Waals surface area contributed by atoms with Crippen LogP contribution in [0.2, 0.25) is 0 Å². The lowest BCUT2D eigenvalue weighted by molar-refractivity contribution is 0.281. The Balaban J connectivity index is 2.13. The number of aliphatic hydroxyl groups excluding tert-OH is 1. The fraction of sp³-hybridized carbons (Fsp3) is 0.333. The third-order valence-electron chi connectivity index (χ3n) is 3.51. The molecule has 2 N–H and O–H groups in total. The fourth-order valence-electron chi connectivity index (χ4n) is 2.33. The summed E-state index contributed by atoms with van der Waals surface area (Å²) in [5.74, 6) is 0.899. The van der Waals surface area contributed by atoms with E-state index < -0.39 is 0 Å². The Hall–Kier alpha value is -2.00. The Morgan fingerprint density at radius 1 is 1.19 bits per heavy atom. The van der Waals surface area contributed by atoms with Crippen molar-refractivity contribution in [1.82, 2.24) is 0 Å². The fourth-order valence-corrected chi connectivity index (χ4v) is 2.33. The van der Waals surface area contributed by atoms with Crippen molar-refractivity contribution in [2.24, 2.45) is 0 Å². The van der Waals surface area contributed by atoms with Gasteiger partial charge in [-0.2, -0.15) is 0 Å². The van der Waals surface area contributed by atoms with E-state index in [-0.39, 0.29) is 12.6 Å². The summed E-state index contributed by atoms with van der Waals surface area (Å²) in [6.07, 6.45) is 0. The average Bonchev–Trinajstić information content (AvgIpc) is 2.50. The summed E-state index contributed by atoms with van der Waals surface area (Å²) in [6.45, 7) is 6.92. The molecule has 2 rings (SSSR count). The molecule has 1 unspecified atom stereocenters. The van der Waals surface area contributed by atoms with Gasteiger partial charge in [0.15, 0.2) is 0 Å². The number of aryl methyl sites for hydroxylation is 1. The lowest BCUT2D eigenvalue weighted by Crippen LogP contribution is -2.08. The molecule has 3 heteroatoms. The van der Waals surface area contributed by atoms with Crippen LogP contribution < -0.4 is 10.1 Å². The zero-order chi connectivity index (χ0) is 15.2. The molecule has 0 amide bonds. The third kappa shape index (κ3) is 3.99. The summed E-state index contributed by atoms with van der Waals surface area (Å²) < 4.78 is 5.51. The molecule has 0 saturated heterocycles. The van der Waals surface area contributed by atoms with Crippen LogP contribution in [0.5, 0.6) is 5.75 Å². The summed E-state index contributed by atoms with van der Waals surface area (Å²) in [7, 11) is 0. The molecule has 2 aromatic rings. The molecular weight excluding hydrogens is 262 g/mol. The molecule has 0 saturated carbocycles. The predicted octanol–water partition coefficient (Wildman–Crippen LogP) is 4.06. The van der Waals surface area contributed by atoms with Gasteiger partial charge in [0.05, 0.1) is 13.2 Å². The van der Waals surface area contributed by atoms with Crippen LogP contribution in [0.4, 0.5) is 5.69 Å². The van der Waals surface area contributed by atoms with Crippen LogP contribution in [0.3, 0.4) is 0 Å². The van der Waals surface area contributed by atoms with E-state index in [4.69, 9.17) is 4.74 Å². The van der Waals surface area contributed by atoms with E-state index >= 15 is 0 Å². The van der Waals surface area contributed by atoms with Crippen LogP contribution in [0.1, 0.15) is 36.6 Å². The summed E-state index contributed by atoms with van der Waals surface area (Å²) in [6, 6.07) is 14.3. The number of hydrogen-bond donors (Lipinski definition) is 2. The molecule has 0 fully saturated rings. The van der Waals surface area contributed by atoms with Crippen molar-refractivity contribution >= 4 is 5.69 Å². The summed E-state index contributed by atoms with van der Waals surface area (Å²) in [5, 5.41) is 12.7. The van der Waals surface area contributed by atoms with Crippen molar-refractivity contribution in [1.29, 1.82) is 0 Å². The van der Waals surface area contributed by atoms with Gasteiger partial charge in [0.1, 0.15) is 5.75 Å². The molecule has 112 valence electrons. The summed E-state index contributed by atoms with van der Waals surface area (Å²) >= 11 is 0. The van der Waals surface area contributed by atoms with E-state index in [9.17, 15) is 5.11 Å². The largest absolute Gasteiger partial charge is 0.494 e. The molecule has 0 aliphatic rings. The maximum Gasteiger partial charge on any atom is 0.119 e. The van der Waals surface area contributed by atoms with Crippen molar-refractivity contribution in [3.05, 3.63) is 59.2 Å². The highest BCUT2D eigenvalue weighted by atomic mass is 16.5. The van der Waals surface area contributed by atoms with Crippen LogP contribution in [-0.4, -0.2) is 11.7 Å². The zero-order valence-electron chi connectivity index (χ0n) is 12.9. The van der Waals surface area contributed by atoms with E-state index in [1.165, 1.54) is 0 Å². The Morgan fingerprint density at radius 3 is 2.67 bits per heavy atom. The highest BCUT2D eigenvalue weighted by Crippen LogP contribution is 2.26. The molecule has 0 radical (unpaired) electrons. The second-order valence-electron chi connectivity index (χ2n) is 5.18. The highest BCUT2D eigenvalue weighted by Gasteiger charge is 2.08. The summed E-state index contributed by atoms with van der Waals surface area (Å²) in [4.78, 5) is 0. The molecule has 21 heavy (non-hydrogen) atoms. The van der Waals surface area contributed by atoms with E-state index in [0.717, 1.165) is 28.1 Å². The first-order valence-electron chi connectivity index (χ1n) is 7.33. The molecule has 1 atom stereocenters. The Bertz CT molecular complexity index is 596. The lowest BCUT2D eigenvalue weighted by atomic mass is 10.0. The lowest BCUT2D eigenvalue weighted by Gasteiger charge is -2.18. The number of rotatable bonds is 6. The first-order valence-corrected chi connectivity index (χ1v) is 7.33. The molecule has 0 aliphatic heterocycles. The van der Waals surface area contributed by atoms with Crippen molar-refractivity contribution < 1.29 is 9.84 Å². The molecular formula is C18H23NO2. The first-order chi connectivity index (χ1) is 10.1. The second-order valence-corrected chi connectivity index (χ2v) is 5.18. The third-order valence-corrected chi connectivity index (χ3v) is 3.51. The molecule has 0 spiro atoms. The van der Waals surface area contributed by atoms with Gasteiger partial charge in [-0.25, -0.2) is 0 Å². The van der Waals surface area contributed by atoms with Crippen LogP contribution in [0, 0.1) is 6.92 Å². The zero-order valence-corrected chi connectivity index (χ0v) is 12.9. The minimum absolute atomic E-state index is 0.0721. The number of aliphatic hydroxyl groups is 1. The molecule has 0 aromatic heterocycles. The number of anilines is 1. The van der Waals surface area contributed by atoms with Crippen LogP contribution in [0.15, 0.2) is 42.5 Å². The van der Waals surface area contributed by atoms with Gasteiger partial charge < -0.3 is 15.2 Å². The van der Waals surface area contributed by atoms with Gasteiger partial charge >= 0.3 is 0 Å². The molecule has 2 aromatic carbocycles. The van der Waals surface area contributed by atoms with Crippen molar-refractivity contribution in [3.8, 4) is 5.75 Å². The number of benzene rings is 2. The number of hydrogen-bond acceptors (Lipinski definition) is 3. The Kier molecular flexibility index (Phi) is 5.23. The molecule has 0 bridgehead atoms. The highest BCUT2D eigenvalue weighted by molar-refractivity contribution is 5.55. The smallest absolute Gasteiger partial charge is 0.119 e. The average molecular weight is 285 g/mol. The number of nitrogens with one attached hydrogen (secondary N) is 1. The van der Waals surface area contributed by atoms with E-state index in [2.05, 4.69) is 25.2 Å². The molecule has 0 heterocycles. The second kappa shape index (κ2) is 7.14. The summed E-state index contributed by atoms with van der Waals surface area (Å²) in [5.41, 5.74) is 4.35.